The molecule has 0 bridgehead atoms. The van der Waals surface area contributed by atoms with Gasteiger partial charge in [-0.05, 0) is 13.1 Å². The van der Waals surface area contributed by atoms with Crippen LogP contribution in [0.3, 0.4) is 0 Å². The minimum atomic E-state index is -1.88. The molecule has 1 fully saturated rings. The highest BCUT2D eigenvalue weighted by molar-refractivity contribution is 6.68. The number of nitro groups is 1. The first kappa shape index (κ1) is 15.2. The zero-order valence-electron chi connectivity index (χ0n) is 11.1. The molecule has 2 aliphatic heterocycles. The summed E-state index contributed by atoms with van der Waals surface area (Å²) in [6, 6.07) is 7.22. The van der Waals surface area contributed by atoms with Crippen molar-refractivity contribution in [3.63, 3.8) is 0 Å². The Morgan fingerprint density at radius 1 is 1.43 bits per heavy atom. The molecule has 0 unspecified atom stereocenters. The van der Waals surface area contributed by atoms with Crippen LogP contribution in [-0.4, -0.2) is 45.4 Å². The summed E-state index contributed by atoms with van der Waals surface area (Å²) in [6.07, 6.45) is -1.14. The van der Waals surface area contributed by atoms with Crippen LogP contribution in [0.25, 0.3) is 0 Å². The molecule has 21 heavy (non-hydrogen) atoms. The first-order chi connectivity index (χ1) is 9.76. The number of hydrogen-bond donors (Lipinski definition) is 0. The molecule has 3 rings (SSSR count). The number of halogens is 3. The van der Waals surface area contributed by atoms with Crippen molar-refractivity contribution in [2.24, 2.45) is 0 Å². The summed E-state index contributed by atoms with van der Waals surface area (Å²) in [5, 5.41) is 11.9. The van der Waals surface area contributed by atoms with Crippen LogP contribution in [0, 0.1) is 10.1 Å². The van der Waals surface area contributed by atoms with E-state index in [1.165, 1.54) is 0 Å². The molecular weight excluding hydrogens is 339 g/mol. The highest BCUT2D eigenvalue weighted by atomic mass is 35.6. The summed E-state index contributed by atoms with van der Waals surface area (Å²) in [5.74, 6) is 0.176. The molecule has 0 amide bonds. The molecule has 0 N–H and O–H groups in total. The fourth-order valence-corrected chi connectivity index (χ4v) is 4.15. The Morgan fingerprint density at radius 2 is 2.10 bits per heavy atom. The highest BCUT2D eigenvalue weighted by Crippen LogP contribution is 2.53. The molecule has 3 atom stereocenters. The lowest BCUT2D eigenvalue weighted by Crippen LogP contribution is -2.63. The van der Waals surface area contributed by atoms with Gasteiger partial charge in [-0.1, -0.05) is 53.0 Å². The van der Waals surface area contributed by atoms with E-state index in [1.807, 2.05) is 24.1 Å². The van der Waals surface area contributed by atoms with Crippen molar-refractivity contribution in [3.05, 3.63) is 39.9 Å². The molecule has 1 aromatic carbocycles. The van der Waals surface area contributed by atoms with Crippen LogP contribution in [0.2, 0.25) is 0 Å². The number of ether oxygens (including phenoxy) is 1. The maximum atomic E-state index is 11.9. The lowest BCUT2D eigenvalue weighted by atomic mass is 9.76. The maximum Gasteiger partial charge on any atom is 0.282 e. The third-order valence-electron chi connectivity index (χ3n) is 4.25. The largest absolute Gasteiger partial charge is 0.478 e. The van der Waals surface area contributed by atoms with Crippen molar-refractivity contribution in [3.8, 4) is 5.75 Å². The molecule has 0 aromatic heterocycles. The van der Waals surface area contributed by atoms with Crippen LogP contribution in [-0.2, 0) is 0 Å². The SMILES string of the molecule is CN1C[C@H]2c3ccccc3O[C@H](C(Cl)(Cl)Cl)[C@@]2([N+](=O)[O-])C1. The van der Waals surface area contributed by atoms with E-state index < -0.39 is 15.4 Å². The van der Waals surface area contributed by atoms with E-state index in [0.29, 0.717) is 12.3 Å². The van der Waals surface area contributed by atoms with Crippen LogP contribution >= 0.6 is 34.8 Å². The number of fused-ring (bicyclic) bond motifs is 3. The Kier molecular flexibility index (Phi) is 3.52. The molecule has 1 saturated heterocycles. The van der Waals surface area contributed by atoms with Gasteiger partial charge in [0.25, 0.3) is 5.54 Å². The van der Waals surface area contributed by atoms with Gasteiger partial charge < -0.3 is 4.74 Å². The van der Waals surface area contributed by atoms with Crippen molar-refractivity contribution in [2.45, 2.75) is 21.4 Å². The van der Waals surface area contributed by atoms with Crippen molar-refractivity contribution >= 4 is 34.8 Å². The molecule has 2 heterocycles. The van der Waals surface area contributed by atoms with E-state index in [9.17, 15) is 10.1 Å². The monoisotopic (exact) mass is 350 g/mol. The smallest absolute Gasteiger partial charge is 0.282 e. The lowest BCUT2D eigenvalue weighted by molar-refractivity contribution is -0.581. The van der Waals surface area contributed by atoms with Crippen LogP contribution in [0.4, 0.5) is 0 Å². The summed E-state index contributed by atoms with van der Waals surface area (Å²) in [6.45, 7) is 0.705. The molecule has 0 aliphatic carbocycles. The van der Waals surface area contributed by atoms with Gasteiger partial charge >= 0.3 is 0 Å². The van der Waals surface area contributed by atoms with E-state index in [4.69, 9.17) is 39.5 Å². The van der Waals surface area contributed by atoms with Crippen molar-refractivity contribution in [1.82, 2.24) is 4.90 Å². The van der Waals surface area contributed by atoms with Crippen molar-refractivity contribution in [1.29, 1.82) is 0 Å². The van der Waals surface area contributed by atoms with Gasteiger partial charge in [-0.25, -0.2) is 0 Å². The Bertz CT molecular complexity index is 592. The molecule has 5 nitrogen and oxygen atoms in total. The number of benzene rings is 1. The van der Waals surface area contributed by atoms with Gasteiger partial charge in [-0.2, -0.15) is 0 Å². The zero-order chi connectivity index (χ0) is 15.4. The molecule has 8 heteroatoms. The second-order valence-corrected chi connectivity index (χ2v) is 7.94. The summed E-state index contributed by atoms with van der Waals surface area (Å²) >= 11 is 18.0. The number of likely N-dealkylation sites (N-methyl/N-ethyl adjacent to an activating group) is 1. The first-order valence-electron chi connectivity index (χ1n) is 6.42. The van der Waals surface area contributed by atoms with Gasteiger partial charge in [0, 0.05) is 17.0 Å². The second kappa shape index (κ2) is 4.88. The number of alkyl halides is 3. The number of rotatable bonds is 1. The van der Waals surface area contributed by atoms with E-state index in [-0.39, 0.29) is 17.4 Å². The summed E-state index contributed by atoms with van der Waals surface area (Å²) < 4.78 is 3.87. The summed E-state index contributed by atoms with van der Waals surface area (Å²) in [4.78, 5) is 13.4. The van der Waals surface area contributed by atoms with Gasteiger partial charge in [0.2, 0.25) is 9.90 Å². The molecule has 114 valence electrons. The summed E-state index contributed by atoms with van der Waals surface area (Å²) in [7, 11) is 1.82. The average Bonchev–Trinajstić information content (AvgIpc) is 2.75. The summed E-state index contributed by atoms with van der Waals surface area (Å²) in [5.41, 5.74) is -0.669. The second-order valence-electron chi connectivity index (χ2n) is 5.58. The van der Waals surface area contributed by atoms with Crippen LogP contribution < -0.4 is 4.74 Å². The highest BCUT2D eigenvalue weighted by Gasteiger charge is 2.70. The Balaban J connectivity index is 2.22. The predicted octanol–water partition coefficient (Wildman–Crippen LogP) is 2.86. The molecule has 2 aliphatic rings. The van der Waals surface area contributed by atoms with Gasteiger partial charge in [-0.3, -0.25) is 15.0 Å². The molecule has 0 saturated carbocycles. The molecule has 0 radical (unpaired) electrons. The minimum absolute atomic E-state index is 0.178. The van der Waals surface area contributed by atoms with Crippen molar-refractivity contribution in [2.75, 3.05) is 20.1 Å². The Labute approximate surface area is 136 Å². The fourth-order valence-electron chi connectivity index (χ4n) is 3.45. The van der Waals surface area contributed by atoms with Crippen LogP contribution in [0.1, 0.15) is 11.5 Å². The third-order valence-corrected chi connectivity index (χ3v) is 4.85. The minimum Gasteiger partial charge on any atom is -0.478 e. The number of nitrogens with zero attached hydrogens (tertiary/aromatic N) is 2. The fraction of sp³-hybridized carbons (Fsp3) is 0.538. The van der Waals surface area contributed by atoms with Gasteiger partial charge in [-0.15, -0.1) is 0 Å². The van der Waals surface area contributed by atoms with Gasteiger partial charge in [0.15, 0.2) is 0 Å². The first-order valence-corrected chi connectivity index (χ1v) is 7.55. The normalized spacial score (nSPS) is 32.2. The van der Waals surface area contributed by atoms with Crippen molar-refractivity contribution < 1.29 is 9.66 Å². The third kappa shape index (κ3) is 2.18. The van der Waals surface area contributed by atoms with E-state index in [1.54, 1.807) is 12.1 Å². The van der Waals surface area contributed by atoms with Crippen LogP contribution in [0.5, 0.6) is 5.75 Å². The standard InChI is InChI=1S/C13H13Cl3N2O3/c1-17-6-9-8-4-2-3-5-10(8)21-11(13(14,15)16)12(9,7-17)18(19)20/h2-5,9,11H,6-7H2,1H3/t9-,11-,12+/m0/s1. The predicted molar refractivity (Wildman–Crippen MR) is 81.1 cm³/mol. The van der Waals surface area contributed by atoms with Gasteiger partial charge in [0.05, 0.1) is 12.5 Å². The van der Waals surface area contributed by atoms with Gasteiger partial charge in [0.1, 0.15) is 5.75 Å². The van der Waals surface area contributed by atoms with Crippen LogP contribution in [0.15, 0.2) is 24.3 Å². The Hall–Kier alpha value is -0.750. The Morgan fingerprint density at radius 3 is 2.71 bits per heavy atom. The number of para-hydroxylation sites is 1. The van der Waals surface area contributed by atoms with E-state index in [2.05, 4.69) is 0 Å². The molecular formula is C13H13Cl3N2O3. The average molecular weight is 352 g/mol. The lowest BCUT2D eigenvalue weighted by Gasteiger charge is -2.41. The topological polar surface area (TPSA) is 55.6 Å². The zero-order valence-corrected chi connectivity index (χ0v) is 13.4. The van der Waals surface area contributed by atoms with E-state index >= 15 is 0 Å². The van der Waals surface area contributed by atoms with E-state index in [0.717, 1.165) is 5.56 Å². The number of hydrogen-bond acceptors (Lipinski definition) is 4. The molecule has 1 aromatic rings. The quantitative estimate of drug-likeness (QED) is 0.443. The number of likely N-dealkylation sites (tertiary alicyclic amines) is 1. The molecule has 0 spiro atoms. The maximum absolute atomic E-state index is 11.9.